The first kappa shape index (κ1) is 12.1. The van der Waals surface area contributed by atoms with Gasteiger partial charge in [0.25, 0.3) is 0 Å². The van der Waals surface area contributed by atoms with Crippen molar-refractivity contribution >= 4 is 0 Å². The Kier molecular flexibility index (Phi) is 3.78. The van der Waals surface area contributed by atoms with Crippen LogP contribution in [0.1, 0.15) is 89.9 Å². The largest absolute Gasteiger partial charge is 0.0533 e. The summed E-state index contributed by atoms with van der Waals surface area (Å²) in [4.78, 5) is 0. The van der Waals surface area contributed by atoms with Gasteiger partial charge in [-0.3, -0.25) is 0 Å². The summed E-state index contributed by atoms with van der Waals surface area (Å²) in [5, 5.41) is 0. The zero-order chi connectivity index (χ0) is 11.6. The molecule has 0 aliphatic heterocycles. The lowest BCUT2D eigenvalue weighted by molar-refractivity contribution is 0.109. The molecule has 0 atom stereocenters. The van der Waals surface area contributed by atoms with Crippen LogP contribution in [-0.2, 0) is 0 Å². The predicted molar refractivity (Wildman–Crippen MR) is 74.1 cm³/mol. The summed E-state index contributed by atoms with van der Waals surface area (Å²) in [6, 6.07) is 0. The van der Waals surface area contributed by atoms with Crippen LogP contribution in [0.25, 0.3) is 0 Å². The molecule has 3 saturated carbocycles. The Balaban J connectivity index is 1.65. The van der Waals surface area contributed by atoms with E-state index in [2.05, 4.69) is 0 Å². The maximum absolute atomic E-state index is 1.62. The van der Waals surface area contributed by atoms with Crippen molar-refractivity contribution in [2.24, 2.45) is 17.3 Å². The normalized spacial score (nSPS) is 31.1. The summed E-state index contributed by atoms with van der Waals surface area (Å²) in [7, 11) is 0. The summed E-state index contributed by atoms with van der Waals surface area (Å²) in [5.41, 5.74) is 0.832. The molecule has 0 heteroatoms. The van der Waals surface area contributed by atoms with E-state index >= 15 is 0 Å². The van der Waals surface area contributed by atoms with Gasteiger partial charge in [0.15, 0.2) is 0 Å². The first-order valence-electron chi connectivity index (χ1n) is 8.39. The van der Waals surface area contributed by atoms with Crippen LogP contribution in [-0.4, -0.2) is 0 Å². The van der Waals surface area contributed by atoms with E-state index < -0.39 is 0 Å². The van der Waals surface area contributed by atoms with Crippen molar-refractivity contribution in [2.75, 3.05) is 0 Å². The molecule has 0 bridgehead atoms. The Morgan fingerprint density at radius 2 is 1.24 bits per heavy atom. The maximum atomic E-state index is 1.62. The lowest BCUT2D eigenvalue weighted by Crippen LogP contribution is -2.29. The Labute approximate surface area is 108 Å². The zero-order valence-corrected chi connectivity index (χ0v) is 11.6. The van der Waals surface area contributed by atoms with Crippen molar-refractivity contribution in [1.82, 2.24) is 0 Å². The van der Waals surface area contributed by atoms with E-state index in [4.69, 9.17) is 0 Å². The summed E-state index contributed by atoms with van der Waals surface area (Å²) >= 11 is 0. The van der Waals surface area contributed by atoms with Gasteiger partial charge in [0.05, 0.1) is 0 Å². The molecule has 0 heterocycles. The molecule has 0 aromatic heterocycles. The highest BCUT2D eigenvalue weighted by molar-refractivity contribution is 4.94. The fourth-order valence-corrected chi connectivity index (χ4v) is 5.36. The second kappa shape index (κ2) is 5.33. The molecule has 0 amide bonds. The van der Waals surface area contributed by atoms with Crippen LogP contribution in [0, 0.1) is 17.3 Å². The highest BCUT2D eigenvalue weighted by Crippen LogP contribution is 2.55. The lowest BCUT2D eigenvalue weighted by Gasteiger charge is -2.39. The van der Waals surface area contributed by atoms with Gasteiger partial charge in [-0.2, -0.15) is 0 Å². The molecule has 3 aliphatic rings. The highest BCUT2D eigenvalue weighted by atomic mass is 14.5. The minimum Gasteiger partial charge on any atom is -0.0533 e. The predicted octanol–water partition coefficient (Wildman–Crippen LogP) is 5.71. The van der Waals surface area contributed by atoms with Gasteiger partial charge in [-0.05, 0) is 49.4 Å². The van der Waals surface area contributed by atoms with Gasteiger partial charge >= 0.3 is 0 Å². The molecule has 3 fully saturated rings. The van der Waals surface area contributed by atoms with Crippen LogP contribution in [0.2, 0.25) is 0 Å². The standard InChI is InChI=1S/C17H30/c1-2-8-15(9-3-1)14-17(12-6-7-13-17)16-10-4-5-11-16/h15-16H,1-14H2. The quantitative estimate of drug-likeness (QED) is 0.587. The molecule has 0 aromatic rings. The Morgan fingerprint density at radius 1 is 0.647 bits per heavy atom. The molecule has 3 rings (SSSR count). The monoisotopic (exact) mass is 234 g/mol. The molecule has 0 unspecified atom stereocenters. The molecule has 0 spiro atoms. The zero-order valence-electron chi connectivity index (χ0n) is 11.6. The molecule has 0 N–H and O–H groups in total. The minimum absolute atomic E-state index is 0.832. The van der Waals surface area contributed by atoms with E-state index in [0.29, 0.717) is 0 Å². The molecule has 3 aliphatic carbocycles. The van der Waals surface area contributed by atoms with Crippen LogP contribution in [0.5, 0.6) is 0 Å². The van der Waals surface area contributed by atoms with Crippen LogP contribution in [0.3, 0.4) is 0 Å². The van der Waals surface area contributed by atoms with Crippen LogP contribution < -0.4 is 0 Å². The van der Waals surface area contributed by atoms with Gasteiger partial charge in [-0.1, -0.05) is 57.8 Å². The van der Waals surface area contributed by atoms with Gasteiger partial charge in [-0.15, -0.1) is 0 Å². The van der Waals surface area contributed by atoms with Crippen molar-refractivity contribution in [1.29, 1.82) is 0 Å². The van der Waals surface area contributed by atoms with E-state index in [0.717, 1.165) is 17.3 Å². The van der Waals surface area contributed by atoms with Crippen molar-refractivity contribution in [2.45, 2.75) is 89.9 Å². The third-order valence-corrected chi connectivity index (χ3v) is 6.24. The molecule has 0 radical (unpaired) electrons. The van der Waals surface area contributed by atoms with Gasteiger partial charge in [-0.25, -0.2) is 0 Å². The third-order valence-electron chi connectivity index (χ3n) is 6.24. The highest BCUT2D eigenvalue weighted by Gasteiger charge is 2.43. The first-order valence-corrected chi connectivity index (χ1v) is 8.39. The second-order valence-electron chi connectivity index (χ2n) is 7.26. The third kappa shape index (κ3) is 2.56. The summed E-state index contributed by atoms with van der Waals surface area (Å²) in [5.74, 6) is 2.24. The Morgan fingerprint density at radius 3 is 1.88 bits per heavy atom. The van der Waals surface area contributed by atoms with Gasteiger partial charge < -0.3 is 0 Å². The van der Waals surface area contributed by atoms with E-state index in [1.807, 2.05) is 0 Å². The Bertz CT molecular complexity index is 224. The van der Waals surface area contributed by atoms with Crippen LogP contribution >= 0.6 is 0 Å². The molecule has 17 heavy (non-hydrogen) atoms. The molecule has 98 valence electrons. The number of hydrogen-bond donors (Lipinski definition) is 0. The van der Waals surface area contributed by atoms with Crippen LogP contribution in [0.4, 0.5) is 0 Å². The average Bonchev–Trinajstić information content (AvgIpc) is 3.01. The van der Waals surface area contributed by atoms with Crippen molar-refractivity contribution in [3.8, 4) is 0 Å². The van der Waals surface area contributed by atoms with E-state index in [1.54, 1.807) is 57.8 Å². The fraction of sp³-hybridized carbons (Fsp3) is 1.00. The lowest BCUT2D eigenvalue weighted by atomic mass is 9.66. The molecule has 0 aromatic carbocycles. The van der Waals surface area contributed by atoms with E-state index in [9.17, 15) is 0 Å². The summed E-state index contributed by atoms with van der Waals surface area (Å²) < 4.78 is 0. The van der Waals surface area contributed by atoms with Crippen molar-refractivity contribution in [3.63, 3.8) is 0 Å². The molecular weight excluding hydrogens is 204 g/mol. The van der Waals surface area contributed by atoms with Gasteiger partial charge in [0.2, 0.25) is 0 Å². The Hall–Kier alpha value is 0. The number of rotatable bonds is 3. The molecule has 0 nitrogen and oxygen atoms in total. The SMILES string of the molecule is C1CCC(CC2(C3CCCC3)CCCC2)CC1. The number of hydrogen-bond acceptors (Lipinski definition) is 0. The second-order valence-corrected chi connectivity index (χ2v) is 7.26. The van der Waals surface area contributed by atoms with Gasteiger partial charge in [0, 0.05) is 0 Å². The molecule has 0 saturated heterocycles. The topological polar surface area (TPSA) is 0 Å². The van der Waals surface area contributed by atoms with Crippen molar-refractivity contribution < 1.29 is 0 Å². The van der Waals surface area contributed by atoms with Crippen LogP contribution in [0.15, 0.2) is 0 Å². The minimum atomic E-state index is 0.832. The fourth-order valence-electron chi connectivity index (χ4n) is 5.36. The molecular formula is C17H30. The smallest absolute Gasteiger partial charge is 0.0267 e. The first-order chi connectivity index (χ1) is 8.39. The van der Waals surface area contributed by atoms with E-state index in [1.165, 1.54) is 32.1 Å². The summed E-state index contributed by atoms with van der Waals surface area (Å²) in [6.07, 6.45) is 21.8. The maximum Gasteiger partial charge on any atom is -0.0267 e. The average molecular weight is 234 g/mol. The van der Waals surface area contributed by atoms with E-state index in [-0.39, 0.29) is 0 Å². The van der Waals surface area contributed by atoms with Gasteiger partial charge in [0.1, 0.15) is 0 Å². The van der Waals surface area contributed by atoms with Crippen molar-refractivity contribution in [3.05, 3.63) is 0 Å². The summed E-state index contributed by atoms with van der Waals surface area (Å²) in [6.45, 7) is 0.